The zero-order chi connectivity index (χ0) is 39.4. The van der Waals surface area contributed by atoms with E-state index in [1.165, 1.54) is 27.2 Å². The standard InChI is InChI=1S/C49H39N4O.Pt/c1-32-24-33(2)26-37(25-32)47-30-52(31-51(47)5)38-14-11-15-39(28-38)54-40-20-21-43-42-17-8-9-19-45(42)53(46(43)29-40)48-27-36(22-23-50-48)41-16-6-7-18-44(41)49-34(3)12-10-13-35(49)4;/h6-27,30-31H,1-5H3;/q-3;/i5D3;. The minimum Gasteiger partial charge on any atom is -0.509 e. The zero-order valence-corrected chi connectivity index (χ0v) is 33.1. The van der Waals surface area contributed by atoms with Crippen LogP contribution in [0.4, 0.5) is 5.69 Å². The molecule has 1 aliphatic rings. The minimum absolute atomic E-state index is 0. The number of rotatable bonds is 7. The number of pyridine rings is 1. The summed E-state index contributed by atoms with van der Waals surface area (Å²) >= 11 is 0. The summed E-state index contributed by atoms with van der Waals surface area (Å²) < 4.78 is 33.4. The van der Waals surface area contributed by atoms with Gasteiger partial charge in [-0.25, -0.2) is 4.98 Å². The second kappa shape index (κ2) is 14.7. The van der Waals surface area contributed by atoms with E-state index in [2.05, 4.69) is 109 Å². The third-order valence-electron chi connectivity index (χ3n) is 10.0. The number of aromatic nitrogens is 2. The molecule has 0 unspecified atom stereocenters. The molecule has 5 nitrogen and oxygen atoms in total. The first kappa shape index (κ1) is 32.5. The number of para-hydroxylation sites is 1. The molecular formula is C49H39N4OPt-3. The monoisotopic (exact) mass is 897 g/mol. The molecule has 0 amide bonds. The average molecular weight is 898 g/mol. The van der Waals surface area contributed by atoms with Crippen LogP contribution in [0.15, 0.2) is 140 Å². The number of fused-ring (bicyclic) bond motifs is 3. The summed E-state index contributed by atoms with van der Waals surface area (Å²) in [6, 6.07) is 50.1. The van der Waals surface area contributed by atoms with Crippen molar-refractivity contribution in [2.45, 2.75) is 27.7 Å². The molecule has 2 aromatic heterocycles. The third kappa shape index (κ3) is 6.75. The van der Waals surface area contributed by atoms with E-state index < -0.39 is 6.98 Å². The van der Waals surface area contributed by atoms with E-state index in [1.807, 2.05) is 74.8 Å². The Balaban J connectivity index is 0.00000469. The Kier molecular flexibility index (Phi) is 8.71. The Hall–Kier alpha value is -5.90. The second-order valence-corrected chi connectivity index (χ2v) is 13.9. The topological polar surface area (TPSA) is 33.5 Å². The van der Waals surface area contributed by atoms with Crippen LogP contribution >= 0.6 is 0 Å². The van der Waals surface area contributed by atoms with Gasteiger partial charge >= 0.3 is 0 Å². The molecular weight excluding hydrogens is 856 g/mol. The van der Waals surface area contributed by atoms with Gasteiger partial charge in [-0.05, 0) is 116 Å². The van der Waals surface area contributed by atoms with E-state index in [9.17, 15) is 0 Å². The predicted molar refractivity (Wildman–Crippen MR) is 222 cm³/mol. The van der Waals surface area contributed by atoms with Crippen LogP contribution in [0.3, 0.4) is 0 Å². The van der Waals surface area contributed by atoms with Crippen LogP contribution in [0, 0.1) is 46.5 Å². The van der Waals surface area contributed by atoms with Crippen molar-refractivity contribution in [3.8, 4) is 39.6 Å². The molecule has 3 heterocycles. The van der Waals surface area contributed by atoms with Crippen molar-refractivity contribution < 1.29 is 29.9 Å². The Morgan fingerprint density at radius 1 is 0.673 bits per heavy atom. The molecule has 0 atom stereocenters. The molecule has 6 aromatic carbocycles. The van der Waals surface area contributed by atoms with Crippen LogP contribution in [0.1, 0.15) is 31.9 Å². The summed E-state index contributed by atoms with van der Waals surface area (Å²) in [6.07, 6.45) is 3.70. The molecule has 0 saturated carbocycles. The third-order valence-corrected chi connectivity index (χ3v) is 10.0. The molecule has 55 heavy (non-hydrogen) atoms. The van der Waals surface area contributed by atoms with Gasteiger partial charge < -0.3 is 19.1 Å². The molecule has 0 spiro atoms. The van der Waals surface area contributed by atoms with Crippen molar-refractivity contribution in [3.63, 3.8) is 0 Å². The van der Waals surface area contributed by atoms with E-state index in [1.54, 1.807) is 11.6 Å². The molecule has 274 valence electrons. The van der Waals surface area contributed by atoms with Crippen LogP contribution in [-0.2, 0) is 21.1 Å². The summed E-state index contributed by atoms with van der Waals surface area (Å²) in [7, 11) is 0. The van der Waals surface area contributed by atoms with Crippen molar-refractivity contribution >= 4 is 33.2 Å². The van der Waals surface area contributed by atoms with E-state index in [0.717, 1.165) is 55.4 Å². The van der Waals surface area contributed by atoms with Crippen molar-refractivity contribution in [2.75, 3.05) is 11.9 Å². The van der Waals surface area contributed by atoms with Gasteiger partial charge in [0.15, 0.2) is 0 Å². The predicted octanol–water partition coefficient (Wildman–Crippen LogP) is 12.0. The van der Waals surface area contributed by atoms with Gasteiger partial charge in [0.2, 0.25) is 0 Å². The molecule has 0 N–H and O–H groups in total. The number of hydrogen-bond donors (Lipinski definition) is 0. The Morgan fingerprint density at radius 2 is 1.40 bits per heavy atom. The fourth-order valence-electron chi connectivity index (χ4n) is 7.72. The van der Waals surface area contributed by atoms with Crippen molar-refractivity contribution in [1.82, 2.24) is 14.5 Å². The van der Waals surface area contributed by atoms with E-state index in [4.69, 9.17) is 13.8 Å². The molecule has 0 aliphatic carbocycles. The fraction of sp³-hybridized carbons (Fsp3) is 0.102. The molecule has 1 aliphatic heterocycles. The largest absolute Gasteiger partial charge is 0.509 e. The first-order valence-corrected chi connectivity index (χ1v) is 18.0. The average Bonchev–Trinajstić information content (AvgIpc) is 3.79. The maximum atomic E-state index is 8.28. The second-order valence-electron chi connectivity index (χ2n) is 13.9. The summed E-state index contributed by atoms with van der Waals surface area (Å²) in [5.41, 5.74) is 13.1. The fourth-order valence-corrected chi connectivity index (χ4v) is 7.72. The first-order chi connectivity index (χ1) is 27.5. The summed E-state index contributed by atoms with van der Waals surface area (Å²) in [5.74, 6) is 1.75. The SMILES string of the molecule is [2H]C([2H])([2H])N1[CH-]N(c2[c-]c(Oc3[c-]c4c(cc3)c3ccccc3n4-c3cc(-c4ccccc4-c4c(C)cccc4C)ccn3)ccc2)C=C1c1cc(C)cc(C)c1.[Pt]. The number of ether oxygens (including phenoxy) is 1. The molecule has 0 saturated heterocycles. The molecule has 6 heteroatoms. The number of benzene rings is 6. The minimum atomic E-state index is -2.38. The number of hydrogen-bond acceptors (Lipinski definition) is 4. The maximum absolute atomic E-state index is 8.28. The normalized spacial score (nSPS) is 13.7. The van der Waals surface area contributed by atoms with Crippen LogP contribution in [0.25, 0.3) is 55.6 Å². The molecule has 0 bridgehead atoms. The van der Waals surface area contributed by atoms with Gasteiger partial charge in [-0.2, -0.15) is 18.8 Å². The van der Waals surface area contributed by atoms with E-state index in [0.29, 0.717) is 22.9 Å². The van der Waals surface area contributed by atoms with Crippen molar-refractivity contribution in [2.24, 2.45) is 0 Å². The first-order valence-electron chi connectivity index (χ1n) is 19.5. The molecule has 9 rings (SSSR count). The van der Waals surface area contributed by atoms with Gasteiger partial charge in [0, 0.05) is 54.1 Å². The Bertz CT molecular complexity index is 2840. The molecule has 0 radical (unpaired) electrons. The van der Waals surface area contributed by atoms with Gasteiger partial charge in [-0.1, -0.05) is 83.4 Å². The smallest absolute Gasteiger partial charge is 0.136 e. The number of anilines is 1. The van der Waals surface area contributed by atoms with Gasteiger partial charge in [0.05, 0.1) is 0 Å². The number of nitrogens with zero attached hydrogens (tertiary/aromatic N) is 4. The summed E-state index contributed by atoms with van der Waals surface area (Å²) in [6.45, 7) is 7.56. The van der Waals surface area contributed by atoms with Crippen LogP contribution in [0.5, 0.6) is 11.5 Å². The molecule has 0 fully saturated rings. The quantitative estimate of drug-likeness (QED) is 0.149. The van der Waals surface area contributed by atoms with Crippen molar-refractivity contribution in [3.05, 3.63) is 186 Å². The number of aryl methyl sites for hydroxylation is 4. The summed E-state index contributed by atoms with van der Waals surface area (Å²) in [4.78, 5) is 8.01. The Labute approximate surface area is 341 Å². The van der Waals surface area contributed by atoms with Crippen molar-refractivity contribution in [1.29, 1.82) is 0 Å². The van der Waals surface area contributed by atoms with E-state index >= 15 is 0 Å². The van der Waals surface area contributed by atoms with Gasteiger partial charge in [-0.15, -0.1) is 41.4 Å². The van der Waals surface area contributed by atoms with Crippen LogP contribution in [-0.4, -0.2) is 21.4 Å². The van der Waals surface area contributed by atoms with Gasteiger partial charge in [0.25, 0.3) is 0 Å². The zero-order valence-electron chi connectivity index (χ0n) is 33.9. The molecule has 8 aromatic rings. The maximum Gasteiger partial charge on any atom is 0.136 e. The van der Waals surface area contributed by atoms with E-state index in [-0.39, 0.29) is 21.1 Å². The Morgan fingerprint density at radius 3 is 2.20 bits per heavy atom. The van der Waals surface area contributed by atoms with Crippen LogP contribution < -0.4 is 9.64 Å². The van der Waals surface area contributed by atoms with Gasteiger partial charge in [0.1, 0.15) is 5.82 Å². The van der Waals surface area contributed by atoms with Gasteiger partial charge in [-0.3, -0.25) is 0 Å². The summed E-state index contributed by atoms with van der Waals surface area (Å²) in [5, 5.41) is 2.11. The van der Waals surface area contributed by atoms with Crippen LogP contribution in [0.2, 0.25) is 0 Å².